The maximum Gasteiger partial charge on any atom is 0.119 e. The van der Waals surface area contributed by atoms with Crippen LogP contribution in [0.1, 0.15) is 25.5 Å². The molecule has 0 aromatic heterocycles. The van der Waals surface area contributed by atoms with Crippen LogP contribution in [-0.2, 0) is 4.74 Å². The van der Waals surface area contributed by atoms with Crippen LogP contribution in [-0.4, -0.2) is 73.0 Å². The zero-order valence-corrected chi connectivity index (χ0v) is 17.6. The highest BCUT2D eigenvalue weighted by atomic mass is 16.5. The first-order valence-corrected chi connectivity index (χ1v) is 10.7. The van der Waals surface area contributed by atoms with Crippen molar-refractivity contribution in [1.82, 2.24) is 9.80 Å². The van der Waals surface area contributed by atoms with Crippen LogP contribution in [0.15, 0.2) is 60.7 Å². The summed E-state index contributed by atoms with van der Waals surface area (Å²) in [5.41, 5.74) is 1.23. The SMILES string of the molecule is CCOC(c1ccccc1)C(C)N1CCN(CC(O)COc2ccccc2)CC1. The minimum Gasteiger partial charge on any atom is -0.491 e. The summed E-state index contributed by atoms with van der Waals surface area (Å²) < 4.78 is 11.8. The first kappa shape index (κ1) is 21.8. The van der Waals surface area contributed by atoms with Crippen LogP contribution >= 0.6 is 0 Å². The molecule has 0 radical (unpaired) electrons. The van der Waals surface area contributed by atoms with E-state index in [-0.39, 0.29) is 6.10 Å². The summed E-state index contributed by atoms with van der Waals surface area (Å²) in [6, 6.07) is 20.5. The van der Waals surface area contributed by atoms with E-state index in [1.807, 2.05) is 36.4 Å². The second-order valence-electron chi connectivity index (χ2n) is 7.64. The Morgan fingerprint density at radius 2 is 1.55 bits per heavy atom. The van der Waals surface area contributed by atoms with Gasteiger partial charge in [-0.15, -0.1) is 0 Å². The number of aliphatic hydroxyl groups is 1. The molecule has 0 amide bonds. The molecular weight excluding hydrogens is 364 g/mol. The summed E-state index contributed by atoms with van der Waals surface area (Å²) in [5, 5.41) is 10.3. The number of benzene rings is 2. The van der Waals surface area contributed by atoms with Crippen molar-refractivity contribution in [2.75, 3.05) is 45.9 Å². The monoisotopic (exact) mass is 398 g/mol. The van der Waals surface area contributed by atoms with Gasteiger partial charge in [0, 0.05) is 45.4 Å². The minimum atomic E-state index is -0.486. The summed E-state index contributed by atoms with van der Waals surface area (Å²) >= 11 is 0. The van der Waals surface area contributed by atoms with Gasteiger partial charge in [0.1, 0.15) is 18.5 Å². The van der Waals surface area contributed by atoms with Crippen molar-refractivity contribution < 1.29 is 14.6 Å². The molecule has 2 aromatic carbocycles. The highest BCUT2D eigenvalue weighted by Gasteiger charge is 2.28. The van der Waals surface area contributed by atoms with E-state index in [9.17, 15) is 5.11 Å². The lowest BCUT2D eigenvalue weighted by Crippen LogP contribution is -2.53. The van der Waals surface area contributed by atoms with Crippen LogP contribution in [0.4, 0.5) is 0 Å². The number of aliphatic hydroxyl groups excluding tert-OH is 1. The van der Waals surface area contributed by atoms with E-state index >= 15 is 0 Å². The smallest absolute Gasteiger partial charge is 0.119 e. The van der Waals surface area contributed by atoms with Gasteiger partial charge >= 0.3 is 0 Å². The van der Waals surface area contributed by atoms with Gasteiger partial charge in [0.2, 0.25) is 0 Å². The second kappa shape index (κ2) is 11.3. The third-order valence-corrected chi connectivity index (χ3v) is 5.55. The van der Waals surface area contributed by atoms with E-state index in [0.29, 0.717) is 25.8 Å². The zero-order chi connectivity index (χ0) is 20.5. The lowest BCUT2D eigenvalue weighted by atomic mass is 10.0. The largest absolute Gasteiger partial charge is 0.491 e. The molecule has 3 unspecified atom stereocenters. The number of ether oxygens (including phenoxy) is 2. The number of β-amino-alcohol motifs (C(OH)–C–C–N with tert-alkyl or cyclic N) is 1. The maximum absolute atomic E-state index is 10.3. The van der Waals surface area contributed by atoms with Crippen molar-refractivity contribution in [3.63, 3.8) is 0 Å². The highest BCUT2D eigenvalue weighted by molar-refractivity contribution is 5.21. The standard InChI is InChI=1S/C24H34N2O3/c1-3-28-24(21-10-6-4-7-11-21)20(2)26-16-14-25(15-17-26)18-22(27)19-29-23-12-8-5-9-13-23/h4-13,20,22,24,27H,3,14-19H2,1-2H3. The Bertz CT molecular complexity index is 690. The van der Waals surface area contributed by atoms with Crippen LogP contribution in [0.2, 0.25) is 0 Å². The molecular formula is C24H34N2O3. The van der Waals surface area contributed by atoms with Crippen molar-refractivity contribution in [3.05, 3.63) is 66.2 Å². The molecule has 158 valence electrons. The van der Waals surface area contributed by atoms with Crippen molar-refractivity contribution in [2.45, 2.75) is 32.1 Å². The Hall–Kier alpha value is -1.92. The van der Waals surface area contributed by atoms with E-state index in [1.54, 1.807) is 0 Å². The summed E-state index contributed by atoms with van der Waals surface area (Å²) in [7, 11) is 0. The van der Waals surface area contributed by atoms with Crippen molar-refractivity contribution >= 4 is 0 Å². The average molecular weight is 399 g/mol. The number of nitrogens with zero attached hydrogens (tertiary/aromatic N) is 2. The summed E-state index contributed by atoms with van der Waals surface area (Å²) in [6.07, 6.45) is -0.405. The maximum atomic E-state index is 10.3. The van der Waals surface area contributed by atoms with Gasteiger partial charge in [-0.05, 0) is 31.5 Å². The van der Waals surface area contributed by atoms with E-state index < -0.39 is 6.10 Å². The second-order valence-corrected chi connectivity index (χ2v) is 7.64. The molecule has 1 N–H and O–H groups in total. The Kier molecular flexibility index (Phi) is 8.50. The van der Waals surface area contributed by atoms with E-state index in [0.717, 1.165) is 31.9 Å². The molecule has 1 heterocycles. The topological polar surface area (TPSA) is 45.2 Å². The van der Waals surface area contributed by atoms with Gasteiger partial charge in [-0.3, -0.25) is 9.80 Å². The number of hydrogen-bond donors (Lipinski definition) is 1. The van der Waals surface area contributed by atoms with Crippen molar-refractivity contribution in [1.29, 1.82) is 0 Å². The lowest BCUT2D eigenvalue weighted by molar-refractivity contribution is -0.0253. The quantitative estimate of drug-likeness (QED) is 0.666. The molecule has 1 saturated heterocycles. The predicted molar refractivity (Wildman–Crippen MR) is 116 cm³/mol. The molecule has 29 heavy (non-hydrogen) atoms. The Labute approximate surface area is 174 Å². The molecule has 1 fully saturated rings. The van der Waals surface area contributed by atoms with Crippen molar-refractivity contribution in [2.24, 2.45) is 0 Å². The third kappa shape index (κ3) is 6.54. The predicted octanol–water partition coefficient (Wildman–Crippen LogP) is 3.21. The fourth-order valence-corrected chi connectivity index (χ4v) is 3.94. The minimum absolute atomic E-state index is 0.0811. The number of para-hydroxylation sites is 1. The Morgan fingerprint density at radius 3 is 2.17 bits per heavy atom. The average Bonchev–Trinajstić information content (AvgIpc) is 2.77. The van der Waals surface area contributed by atoms with Gasteiger partial charge in [-0.2, -0.15) is 0 Å². The van der Waals surface area contributed by atoms with E-state index in [1.165, 1.54) is 5.56 Å². The fourth-order valence-electron chi connectivity index (χ4n) is 3.94. The molecule has 0 spiro atoms. The molecule has 5 nitrogen and oxygen atoms in total. The normalized spacial score (nSPS) is 18.9. The van der Waals surface area contributed by atoms with Gasteiger partial charge in [0.25, 0.3) is 0 Å². The summed E-state index contributed by atoms with van der Waals surface area (Å²) in [5.74, 6) is 0.799. The van der Waals surface area contributed by atoms with E-state index in [4.69, 9.17) is 9.47 Å². The summed E-state index contributed by atoms with van der Waals surface area (Å²) in [6.45, 7) is 9.82. The fraction of sp³-hybridized carbons (Fsp3) is 0.500. The molecule has 0 bridgehead atoms. The highest BCUT2D eigenvalue weighted by Crippen LogP contribution is 2.25. The van der Waals surface area contributed by atoms with Gasteiger partial charge in [-0.1, -0.05) is 48.5 Å². The van der Waals surface area contributed by atoms with Gasteiger partial charge in [0.15, 0.2) is 0 Å². The van der Waals surface area contributed by atoms with Crippen LogP contribution in [0.25, 0.3) is 0 Å². The number of rotatable bonds is 10. The molecule has 3 atom stereocenters. The van der Waals surface area contributed by atoms with Gasteiger partial charge in [0.05, 0.1) is 6.10 Å². The third-order valence-electron chi connectivity index (χ3n) is 5.55. The number of hydrogen-bond acceptors (Lipinski definition) is 5. The molecule has 3 rings (SSSR count). The number of piperazine rings is 1. The lowest BCUT2D eigenvalue weighted by Gasteiger charge is -2.41. The molecule has 1 aliphatic heterocycles. The first-order valence-electron chi connectivity index (χ1n) is 10.7. The van der Waals surface area contributed by atoms with Gasteiger partial charge in [-0.25, -0.2) is 0 Å². The molecule has 0 aliphatic carbocycles. The molecule has 5 heteroatoms. The molecule has 2 aromatic rings. The Morgan fingerprint density at radius 1 is 0.931 bits per heavy atom. The van der Waals surface area contributed by atoms with Crippen LogP contribution in [0, 0.1) is 0 Å². The zero-order valence-electron chi connectivity index (χ0n) is 17.6. The van der Waals surface area contributed by atoms with Crippen molar-refractivity contribution in [3.8, 4) is 5.75 Å². The van der Waals surface area contributed by atoms with Crippen LogP contribution in [0.5, 0.6) is 5.75 Å². The van der Waals surface area contributed by atoms with Crippen LogP contribution in [0.3, 0.4) is 0 Å². The molecule has 0 saturated carbocycles. The summed E-state index contributed by atoms with van der Waals surface area (Å²) in [4.78, 5) is 4.82. The van der Waals surface area contributed by atoms with Gasteiger partial charge < -0.3 is 14.6 Å². The molecule has 1 aliphatic rings. The van der Waals surface area contributed by atoms with E-state index in [2.05, 4.69) is 47.9 Å². The first-order chi connectivity index (χ1) is 14.2. The Balaban J connectivity index is 1.45. The van der Waals surface area contributed by atoms with Crippen LogP contribution < -0.4 is 4.74 Å².